The Kier molecular flexibility index (Phi) is 8.78. The van der Waals surface area contributed by atoms with Crippen LogP contribution in [-0.4, -0.2) is 48.1 Å². The minimum Gasteiger partial charge on any atom is -0.478 e. The first-order valence-corrected chi connectivity index (χ1v) is 15.5. The normalized spacial score (nSPS) is 13.9. The highest BCUT2D eigenvalue weighted by Crippen LogP contribution is 2.30. The van der Waals surface area contributed by atoms with E-state index in [0.29, 0.717) is 17.7 Å². The second-order valence-corrected chi connectivity index (χ2v) is 11.8. The van der Waals surface area contributed by atoms with Crippen LogP contribution in [0.1, 0.15) is 44.9 Å². The second-order valence-electron chi connectivity index (χ2n) is 11.8. The summed E-state index contributed by atoms with van der Waals surface area (Å²) in [6.45, 7) is 0.619. The number of rotatable bonds is 9. The van der Waals surface area contributed by atoms with E-state index < -0.39 is 29.2 Å². The molecular weight excluding hydrogens is 654 g/mol. The fourth-order valence-electron chi connectivity index (χ4n) is 5.58. The number of aryl methyl sites for hydroxylation is 1. The predicted molar refractivity (Wildman–Crippen MR) is 173 cm³/mol. The summed E-state index contributed by atoms with van der Waals surface area (Å²) in [6, 6.07) is 13.3. The summed E-state index contributed by atoms with van der Waals surface area (Å²) in [6.07, 6.45) is 3.67. The molecular formula is C37H27F4N5O4. The molecule has 50 heavy (non-hydrogen) atoms. The number of ether oxygens (including phenoxy) is 2. The first kappa shape index (κ1) is 32.5. The molecule has 1 fully saturated rings. The summed E-state index contributed by atoms with van der Waals surface area (Å²) in [4.78, 5) is 20.2. The van der Waals surface area contributed by atoms with Crippen molar-refractivity contribution in [2.45, 2.75) is 32.1 Å². The molecule has 3 aromatic carbocycles. The number of hydrogen-bond acceptors (Lipinski definition) is 6. The zero-order valence-electron chi connectivity index (χ0n) is 26.5. The molecule has 6 aromatic rings. The molecule has 3 aromatic heterocycles. The van der Waals surface area contributed by atoms with Crippen molar-refractivity contribution in [2.24, 2.45) is 7.05 Å². The number of carbonyl (C=O) groups is 1. The molecule has 0 amide bonds. The van der Waals surface area contributed by atoms with E-state index in [0.717, 1.165) is 24.6 Å². The molecule has 9 nitrogen and oxygen atoms in total. The van der Waals surface area contributed by atoms with Gasteiger partial charge in [-0.15, -0.1) is 0 Å². The van der Waals surface area contributed by atoms with Crippen LogP contribution in [0.15, 0.2) is 73.1 Å². The second kappa shape index (κ2) is 13.5. The van der Waals surface area contributed by atoms with Gasteiger partial charge in [-0.05, 0) is 54.4 Å². The molecule has 0 spiro atoms. The molecule has 1 atom stereocenters. The molecule has 4 heterocycles. The van der Waals surface area contributed by atoms with Crippen molar-refractivity contribution in [1.82, 2.24) is 24.3 Å². The third-order valence-corrected chi connectivity index (χ3v) is 8.28. The molecule has 13 heteroatoms. The highest BCUT2D eigenvalue weighted by Gasteiger charge is 2.25. The number of aromatic nitrogens is 5. The van der Waals surface area contributed by atoms with Gasteiger partial charge in [-0.1, -0.05) is 24.0 Å². The van der Waals surface area contributed by atoms with Gasteiger partial charge in [0.1, 0.15) is 35.4 Å². The summed E-state index contributed by atoms with van der Waals surface area (Å²) in [5.41, 5.74) is 1.21. The number of imidazole rings is 1. The molecule has 1 saturated heterocycles. The number of hydrogen-bond donors (Lipinski definition) is 1. The quantitative estimate of drug-likeness (QED) is 0.138. The Bertz CT molecular complexity index is 2340. The van der Waals surface area contributed by atoms with Gasteiger partial charge in [0.05, 0.1) is 41.2 Å². The van der Waals surface area contributed by atoms with Crippen LogP contribution in [0.4, 0.5) is 17.6 Å². The largest absolute Gasteiger partial charge is 0.478 e. The van der Waals surface area contributed by atoms with E-state index in [-0.39, 0.29) is 76.4 Å². The Hall–Kier alpha value is -6.00. The van der Waals surface area contributed by atoms with E-state index in [2.05, 4.69) is 26.9 Å². The van der Waals surface area contributed by atoms with Crippen molar-refractivity contribution in [2.75, 3.05) is 6.61 Å². The van der Waals surface area contributed by atoms with Crippen molar-refractivity contribution in [3.63, 3.8) is 0 Å². The Balaban J connectivity index is 1.10. The van der Waals surface area contributed by atoms with E-state index in [4.69, 9.17) is 9.47 Å². The van der Waals surface area contributed by atoms with Crippen molar-refractivity contribution < 1.29 is 36.9 Å². The molecule has 1 unspecified atom stereocenters. The lowest BCUT2D eigenvalue weighted by molar-refractivity contribution is -0.0589. The van der Waals surface area contributed by atoms with Crippen LogP contribution in [-0.2, 0) is 31.4 Å². The number of pyridine rings is 1. The van der Waals surface area contributed by atoms with E-state index in [1.807, 2.05) is 0 Å². The zero-order valence-corrected chi connectivity index (χ0v) is 26.5. The van der Waals surface area contributed by atoms with Crippen molar-refractivity contribution in [3.05, 3.63) is 130 Å². The topological polar surface area (TPSA) is 104 Å². The molecule has 0 radical (unpaired) electrons. The van der Waals surface area contributed by atoms with Crippen LogP contribution in [0.5, 0.6) is 5.88 Å². The number of carboxylic acids is 1. The fourth-order valence-corrected chi connectivity index (χ4v) is 5.58. The number of carboxylic acid groups (broad SMARTS) is 1. The van der Waals surface area contributed by atoms with Gasteiger partial charge in [-0.2, -0.15) is 5.10 Å². The minimum atomic E-state index is -1.31. The molecule has 0 bridgehead atoms. The van der Waals surface area contributed by atoms with Crippen LogP contribution in [0.3, 0.4) is 0 Å². The SMILES string of the molecule is Cn1cc(C#Cc2ccc(COc3cccc(-c4cc(F)c(Cc5nc6c(F)cc(C(=O)O)cc6n5CC5CCO5)cc4F)n3)c(F)c2)cn1. The van der Waals surface area contributed by atoms with Crippen LogP contribution < -0.4 is 4.74 Å². The Labute approximate surface area is 282 Å². The summed E-state index contributed by atoms with van der Waals surface area (Å²) in [5.74, 6) is 1.90. The summed E-state index contributed by atoms with van der Waals surface area (Å²) in [7, 11) is 1.77. The maximum atomic E-state index is 15.6. The minimum absolute atomic E-state index is 0.0485. The number of aromatic carboxylic acids is 1. The van der Waals surface area contributed by atoms with E-state index in [1.54, 1.807) is 46.9 Å². The van der Waals surface area contributed by atoms with Crippen LogP contribution in [0.25, 0.3) is 22.3 Å². The third-order valence-electron chi connectivity index (χ3n) is 8.28. The summed E-state index contributed by atoms with van der Waals surface area (Å²) in [5, 5.41) is 13.5. The maximum absolute atomic E-state index is 15.6. The maximum Gasteiger partial charge on any atom is 0.335 e. The number of nitrogens with zero attached hydrogens (tertiary/aromatic N) is 5. The van der Waals surface area contributed by atoms with Gasteiger partial charge in [0.2, 0.25) is 5.88 Å². The lowest BCUT2D eigenvalue weighted by Gasteiger charge is -2.27. The summed E-state index contributed by atoms with van der Waals surface area (Å²) < 4.78 is 75.3. The number of fused-ring (bicyclic) bond motifs is 1. The number of benzene rings is 3. The molecule has 252 valence electrons. The first-order chi connectivity index (χ1) is 24.1. The predicted octanol–water partition coefficient (Wildman–Crippen LogP) is 6.44. The van der Waals surface area contributed by atoms with Gasteiger partial charge in [0.15, 0.2) is 5.82 Å². The highest BCUT2D eigenvalue weighted by atomic mass is 19.1. The van der Waals surface area contributed by atoms with Crippen molar-refractivity contribution in [1.29, 1.82) is 0 Å². The monoisotopic (exact) mass is 681 g/mol. The van der Waals surface area contributed by atoms with E-state index in [9.17, 15) is 18.7 Å². The van der Waals surface area contributed by atoms with Gasteiger partial charge >= 0.3 is 5.97 Å². The standard InChI is InChI=1S/C37H27F4N5O4/c1-45-18-22(17-42-45)6-5-21-7-8-23(28(38)11-21)20-50-35-4-2-3-32(43-35)27-16-29(39)24(12-30(27)40)15-34-44-36-31(41)13-25(37(47)48)14-33(36)46(34)19-26-9-10-49-26/h2-4,7-8,11-14,16-18,26H,9-10,15,19-20H2,1H3,(H,47,48). The van der Waals surface area contributed by atoms with Crippen molar-refractivity contribution in [3.8, 4) is 29.0 Å². The molecule has 1 aliphatic heterocycles. The molecule has 0 aliphatic carbocycles. The van der Waals surface area contributed by atoms with Crippen molar-refractivity contribution >= 4 is 17.0 Å². The van der Waals surface area contributed by atoms with Crippen LogP contribution in [0, 0.1) is 35.1 Å². The highest BCUT2D eigenvalue weighted by molar-refractivity contribution is 5.92. The Morgan fingerprint density at radius 1 is 0.960 bits per heavy atom. The molecule has 1 aliphatic rings. The van der Waals surface area contributed by atoms with Gasteiger partial charge in [0.25, 0.3) is 0 Å². The van der Waals surface area contributed by atoms with E-state index >= 15 is 8.78 Å². The van der Waals surface area contributed by atoms with E-state index in [1.165, 1.54) is 24.3 Å². The van der Waals surface area contributed by atoms with Gasteiger partial charge in [0, 0.05) is 49.0 Å². The molecule has 7 rings (SSSR count). The number of halogens is 4. The molecule has 0 saturated carbocycles. The Morgan fingerprint density at radius 3 is 2.48 bits per heavy atom. The lowest BCUT2D eigenvalue weighted by atomic mass is 10.0. The molecule has 1 N–H and O–H groups in total. The fraction of sp³-hybridized carbons (Fsp3) is 0.189. The van der Waals surface area contributed by atoms with Gasteiger partial charge in [-0.25, -0.2) is 32.3 Å². The average molecular weight is 682 g/mol. The Morgan fingerprint density at radius 2 is 1.76 bits per heavy atom. The zero-order chi connectivity index (χ0) is 34.9. The third kappa shape index (κ3) is 6.79. The summed E-state index contributed by atoms with van der Waals surface area (Å²) >= 11 is 0. The van der Waals surface area contributed by atoms with Gasteiger partial charge < -0.3 is 19.1 Å². The van der Waals surface area contributed by atoms with Crippen LogP contribution >= 0.6 is 0 Å². The van der Waals surface area contributed by atoms with Crippen LogP contribution in [0.2, 0.25) is 0 Å². The average Bonchev–Trinajstić information content (AvgIpc) is 3.65. The smallest absolute Gasteiger partial charge is 0.335 e. The first-order valence-electron chi connectivity index (χ1n) is 15.5. The van der Waals surface area contributed by atoms with Gasteiger partial charge in [-0.3, -0.25) is 4.68 Å². The lowest BCUT2D eigenvalue weighted by Crippen LogP contribution is -2.31.